The Morgan fingerprint density at radius 3 is 0.577 bits per heavy atom. The molecule has 4 aliphatic rings. The van der Waals surface area contributed by atoms with Crippen LogP contribution in [-0.2, 0) is 95.9 Å². The molecule has 0 aliphatic carbocycles. The third-order valence-corrected chi connectivity index (χ3v) is 22.4. The number of nitrogens with one attached hydrogen (secondary N) is 8. The van der Waals surface area contributed by atoms with Crippen LogP contribution in [0.5, 0.6) is 0 Å². The fourth-order valence-corrected chi connectivity index (χ4v) is 14.4. The standard InChI is InChI=1S/C81H132N24O32/c1-57(102-29-21-94(45-69(118)119)13-5-90(41-65(110)111)6-14-95(22-30-102)46-70(120)121)77(134)82-37-61(106)86-53-81(54-87-62(107)38-83-78(135)58(2)103-31-23-96(47-71(122)123)15-7-91(42-66(112)113)8-16-97(24-32-103)48-72(124)125,55-88-63(108)39-84-79(136)59(3)104-33-25-98(49-73(126)127)17-9-92(43-67(114)115)10-18-99(26-34-104)50-74(128)129)56-89-64(109)40-85-80(137)60(4)105-35-27-100(51-75(130)131)19-11-93(44-68(116)117)12-20-101(28-36-105)52-76(132)133/h5,13,23,25,27,31,33,35,57-60H,6-12,14-22,24,26,28-30,32,34,36-56H2,1-4H3,(H,82,134)(H,83,135)(H,84,136)(H,85,137)(H,86,106)(H,87,107)(H,88,108)(H,89,109)(H,110,111)(H,112,113)(H,114,115)(H,116,117)(H,118,119)(H,120,121)(H,122,123)(H,124,125)(H,126,127)(H,128,129)(H,130,131)(H,132,133)/b13-5-,31-23-,33-25-,35-27-/t57-,58-,59-,60-/m0/s1. The van der Waals surface area contributed by atoms with Crippen molar-refractivity contribution in [3.63, 3.8) is 0 Å². The summed E-state index contributed by atoms with van der Waals surface area (Å²) in [5.41, 5.74) is -1.92. The van der Waals surface area contributed by atoms with Crippen LogP contribution in [0.3, 0.4) is 0 Å². The largest absolute Gasteiger partial charge is 0.480 e. The monoisotopic (exact) mass is 1950 g/mol. The first-order chi connectivity index (χ1) is 64.6. The molecule has 4 heterocycles. The Balaban J connectivity index is 1.84. The minimum absolute atomic E-state index is 0.00943. The second-order valence-electron chi connectivity index (χ2n) is 33.1. The Kier molecular flexibility index (Phi) is 51.3. The van der Waals surface area contributed by atoms with Crippen LogP contribution in [0.1, 0.15) is 27.7 Å². The van der Waals surface area contributed by atoms with Gasteiger partial charge in [-0.1, -0.05) is 0 Å². The highest BCUT2D eigenvalue weighted by atomic mass is 16.4. The minimum atomic E-state index is -1.92. The quantitative estimate of drug-likeness (QED) is 0.0269. The Hall–Kier alpha value is -13.6. The van der Waals surface area contributed by atoms with Crippen molar-refractivity contribution in [2.75, 3.05) is 288 Å². The molecule has 8 amide bonds. The van der Waals surface area contributed by atoms with E-state index in [1.54, 1.807) is 4.90 Å². The van der Waals surface area contributed by atoms with Crippen molar-refractivity contribution in [2.45, 2.75) is 51.9 Å². The van der Waals surface area contributed by atoms with Crippen molar-refractivity contribution in [3.05, 3.63) is 49.6 Å². The van der Waals surface area contributed by atoms with Crippen LogP contribution in [0.2, 0.25) is 0 Å². The average Bonchev–Trinajstić information content (AvgIpc) is 0.844. The van der Waals surface area contributed by atoms with Gasteiger partial charge in [0.15, 0.2) is 0 Å². The lowest BCUT2D eigenvalue weighted by Gasteiger charge is -2.35. The molecule has 0 aromatic rings. The zero-order chi connectivity index (χ0) is 102. The van der Waals surface area contributed by atoms with E-state index in [2.05, 4.69) is 42.5 Å². The molecule has 56 heteroatoms. The second kappa shape index (κ2) is 60.7. The van der Waals surface area contributed by atoms with Crippen LogP contribution in [0.15, 0.2) is 49.6 Å². The van der Waals surface area contributed by atoms with Gasteiger partial charge in [0.2, 0.25) is 47.3 Å². The molecule has 20 N–H and O–H groups in total. The summed E-state index contributed by atoms with van der Waals surface area (Å²) in [6.45, 7) is -7.64. The summed E-state index contributed by atoms with van der Waals surface area (Å²) >= 11 is 0. The van der Waals surface area contributed by atoms with E-state index >= 15 is 0 Å². The topological polar surface area (TPSA) is 732 Å². The number of aliphatic carboxylic acids is 12. The van der Waals surface area contributed by atoms with Crippen molar-refractivity contribution in [1.82, 2.24) is 121 Å². The maximum atomic E-state index is 14.4. The van der Waals surface area contributed by atoms with Gasteiger partial charge in [0.25, 0.3) is 0 Å². The summed E-state index contributed by atoms with van der Waals surface area (Å²) in [6.07, 6.45) is 10.8. The van der Waals surface area contributed by atoms with E-state index < -0.39 is 279 Å². The molecule has 0 aromatic carbocycles. The predicted molar refractivity (Wildman–Crippen MR) is 477 cm³/mol. The highest BCUT2D eigenvalue weighted by Gasteiger charge is 2.36. The second-order valence-corrected chi connectivity index (χ2v) is 33.1. The third-order valence-electron chi connectivity index (χ3n) is 22.4. The SMILES string of the molecule is C[C@@H](C(=O)NCC(=O)NCC(CNC(=O)CNC(=O)[C@H](C)N1/C=C\N(CC(=O)O)CCN(CC(=O)O)CCN(CC(=O)O)CC1)(CNC(=O)CNC(=O)[C@H](C)N1/C=C\N(CC(=O)O)CCN(CC(=O)O)CCN(CC(=O)O)CC1)CNC(=O)CNC(=O)[C@H](C)N1CCN(CC(=O)O)/C=C\N(CC(=O)O)CCN(CC(=O)O)CC1)N1/C=C\N(CC(=O)O)CCN(CC(=O)O)CCN(CC(=O)O)CC1. The molecule has 0 fully saturated rings. The van der Waals surface area contributed by atoms with Crippen LogP contribution in [-0.4, -0.2) is 571 Å². The molecular weight excluding hydrogens is 1820 g/mol. The summed E-state index contributed by atoms with van der Waals surface area (Å²) in [7, 11) is 0. The van der Waals surface area contributed by atoms with Crippen LogP contribution >= 0.6 is 0 Å². The van der Waals surface area contributed by atoms with Crippen LogP contribution < -0.4 is 42.5 Å². The predicted octanol–water partition coefficient (Wildman–Crippen LogP) is -11.8. The number of carbonyl (C=O) groups excluding carboxylic acids is 8. The van der Waals surface area contributed by atoms with E-state index in [4.69, 9.17) is 0 Å². The van der Waals surface area contributed by atoms with Gasteiger partial charge in [-0.15, -0.1) is 0 Å². The summed E-state index contributed by atoms with van der Waals surface area (Å²) in [6, 6.07) is -4.86. The number of hydrogen-bond acceptors (Lipinski definition) is 36. The van der Waals surface area contributed by atoms with Gasteiger partial charge in [-0.2, -0.15) is 0 Å². The first-order valence-corrected chi connectivity index (χ1v) is 43.9. The summed E-state index contributed by atoms with van der Waals surface area (Å²) in [5.74, 6) is -22.2. The van der Waals surface area contributed by atoms with E-state index in [0.717, 1.165) is 0 Å². The Labute approximate surface area is 788 Å². The molecule has 0 aromatic heterocycles. The van der Waals surface area contributed by atoms with E-state index in [9.17, 15) is 157 Å². The lowest BCUT2D eigenvalue weighted by molar-refractivity contribution is -0.140. The fourth-order valence-electron chi connectivity index (χ4n) is 14.4. The number of carboxylic acids is 12. The molecule has 0 radical (unpaired) electrons. The molecular formula is C81H132N24O32. The normalized spacial score (nSPS) is 18.7. The van der Waals surface area contributed by atoms with Crippen molar-refractivity contribution < 1.29 is 157 Å². The van der Waals surface area contributed by atoms with E-state index in [1.165, 1.54) is 151 Å². The molecule has 4 atom stereocenters. The van der Waals surface area contributed by atoms with Crippen molar-refractivity contribution >= 4 is 119 Å². The molecule has 4 rings (SSSR count). The molecule has 0 saturated heterocycles. The maximum Gasteiger partial charge on any atom is 0.323 e. The number of carboxylic acid groups (broad SMARTS) is 12. The van der Waals surface area contributed by atoms with Gasteiger partial charge < -0.3 is 143 Å². The van der Waals surface area contributed by atoms with Crippen LogP contribution in [0.4, 0.5) is 0 Å². The molecule has 0 unspecified atom stereocenters. The zero-order valence-corrected chi connectivity index (χ0v) is 77.2. The molecule has 0 bridgehead atoms. The van der Waals surface area contributed by atoms with Gasteiger partial charge in [0.1, 0.15) is 50.8 Å². The van der Waals surface area contributed by atoms with Gasteiger partial charge in [-0.25, -0.2) is 0 Å². The zero-order valence-electron chi connectivity index (χ0n) is 77.2. The van der Waals surface area contributed by atoms with Gasteiger partial charge >= 0.3 is 71.6 Å². The smallest absolute Gasteiger partial charge is 0.323 e. The third kappa shape index (κ3) is 49.0. The number of rotatable bonds is 48. The number of amides is 8. The molecule has 0 saturated carbocycles. The summed E-state index contributed by atoms with van der Waals surface area (Å²) < 4.78 is 0. The average molecular weight is 1950 g/mol. The van der Waals surface area contributed by atoms with Crippen LogP contribution in [0, 0.1) is 5.41 Å². The highest BCUT2D eigenvalue weighted by Crippen LogP contribution is 2.17. The maximum absolute atomic E-state index is 14.4. The fraction of sp³-hybridized carbons (Fsp3) is 0.654. The molecule has 137 heavy (non-hydrogen) atoms. The number of hydrogen-bond donors (Lipinski definition) is 20. The van der Waals surface area contributed by atoms with Gasteiger partial charge in [0.05, 0.1) is 78.0 Å². The first kappa shape index (κ1) is 116. The highest BCUT2D eigenvalue weighted by molar-refractivity contribution is 5.90. The number of nitrogens with zero attached hydrogens (tertiary/aromatic N) is 16. The lowest BCUT2D eigenvalue weighted by Crippen LogP contribution is -2.59. The van der Waals surface area contributed by atoms with Crippen LogP contribution in [0.25, 0.3) is 0 Å². The van der Waals surface area contributed by atoms with Gasteiger partial charge in [-0.3, -0.25) is 135 Å². The summed E-state index contributed by atoms with van der Waals surface area (Å²) in [4.78, 5) is 282. The van der Waals surface area contributed by atoms with E-state index in [-0.39, 0.29) is 157 Å². The lowest BCUT2D eigenvalue weighted by atomic mass is 9.86. The Morgan fingerprint density at radius 1 is 0.212 bits per heavy atom. The van der Waals surface area contributed by atoms with E-state index in [1.807, 2.05) is 0 Å². The molecule has 4 aliphatic heterocycles. The van der Waals surface area contributed by atoms with Crippen molar-refractivity contribution in [3.8, 4) is 0 Å². The minimum Gasteiger partial charge on any atom is -0.480 e. The summed E-state index contributed by atoms with van der Waals surface area (Å²) in [5, 5.41) is 138. The Bertz CT molecular complexity index is 3920. The van der Waals surface area contributed by atoms with Crippen molar-refractivity contribution in [2.24, 2.45) is 5.41 Å². The molecule has 56 nitrogen and oxygen atoms in total. The number of carbonyl (C=O) groups is 20. The van der Waals surface area contributed by atoms with Gasteiger partial charge in [-0.05, 0) is 27.7 Å². The molecule has 768 valence electrons. The Morgan fingerprint density at radius 2 is 0.372 bits per heavy atom. The first-order valence-electron chi connectivity index (χ1n) is 43.9. The molecule has 0 spiro atoms. The van der Waals surface area contributed by atoms with E-state index in [0.29, 0.717) is 0 Å². The van der Waals surface area contributed by atoms with Gasteiger partial charge in [0, 0.05) is 238 Å². The van der Waals surface area contributed by atoms with Crippen molar-refractivity contribution in [1.29, 1.82) is 0 Å².